The number of para-hydroxylation sites is 3. The van der Waals surface area contributed by atoms with Crippen molar-refractivity contribution in [2.45, 2.75) is 12.8 Å². The number of nitrogens with zero attached hydrogens (tertiary/aromatic N) is 2. The molecular formula is C60H42N2S. The minimum absolute atomic E-state index is 1.03. The standard InChI is InChI=1S/C60H42N2S/c1-3-15-42(16-4-1)49-37-36-48(40-54(49)43-17-5-2-6-18-43)61(46-32-27-41(28-33-46)45-31-38-60-55(39-45)53-22-10-14-26-59(53)63-60)47-34-29-44(30-35-47)50-19-7-11-23-56(50)62-57-24-12-8-20-51(57)52-21-9-13-25-58(52)62/h1-3,5-15,17-40H,4,16H2. The molecule has 0 saturated carbocycles. The zero-order valence-electron chi connectivity index (χ0n) is 34.7. The average molecular weight is 823 g/mol. The van der Waals surface area contributed by atoms with Gasteiger partial charge >= 0.3 is 0 Å². The highest BCUT2D eigenvalue weighted by molar-refractivity contribution is 7.25. The molecule has 0 radical (unpaired) electrons. The summed E-state index contributed by atoms with van der Waals surface area (Å²) in [4.78, 5) is 2.41. The van der Waals surface area contributed by atoms with Crippen LogP contribution in [0.2, 0.25) is 0 Å². The van der Waals surface area contributed by atoms with Crippen molar-refractivity contribution in [3.8, 4) is 39.1 Å². The van der Waals surface area contributed by atoms with Crippen LogP contribution in [0.3, 0.4) is 0 Å². The Kier molecular flexibility index (Phi) is 9.20. The molecule has 0 fully saturated rings. The third-order valence-corrected chi connectivity index (χ3v) is 13.9. The van der Waals surface area contributed by atoms with E-state index in [9.17, 15) is 0 Å². The fourth-order valence-corrected chi connectivity index (χ4v) is 10.8. The van der Waals surface area contributed by atoms with Crippen LogP contribution in [0.25, 0.3) is 86.6 Å². The van der Waals surface area contributed by atoms with Gasteiger partial charge in [0.05, 0.1) is 16.7 Å². The van der Waals surface area contributed by atoms with Gasteiger partial charge in [-0.05, 0) is 125 Å². The summed E-state index contributed by atoms with van der Waals surface area (Å²) in [5.74, 6) is 0. The molecule has 0 saturated heterocycles. The minimum atomic E-state index is 1.03. The molecule has 298 valence electrons. The van der Waals surface area contributed by atoms with Crippen molar-refractivity contribution in [1.82, 2.24) is 4.57 Å². The first-order valence-corrected chi connectivity index (χ1v) is 22.6. The van der Waals surface area contributed by atoms with Gasteiger partial charge in [-0.25, -0.2) is 0 Å². The second-order valence-electron chi connectivity index (χ2n) is 16.4. The molecule has 9 aromatic carbocycles. The lowest BCUT2D eigenvalue weighted by molar-refractivity contribution is 1.05. The zero-order valence-corrected chi connectivity index (χ0v) is 35.5. The maximum Gasteiger partial charge on any atom is 0.0541 e. The summed E-state index contributed by atoms with van der Waals surface area (Å²) in [7, 11) is 0. The molecule has 0 unspecified atom stereocenters. The van der Waals surface area contributed by atoms with Gasteiger partial charge in [0.2, 0.25) is 0 Å². The first-order valence-electron chi connectivity index (χ1n) is 21.8. The van der Waals surface area contributed by atoms with E-state index in [-0.39, 0.29) is 0 Å². The number of rotatable bonds is 8. The van der Waals surface area contributed by atoms with Gasteiger partial charge in [0.1, 0.15) is 0 Å². The molecule has 1 aliphatic rings. The molecular weight excluding hydrogens is 781 g/mol. The number of aromatic nitrogens is 1. The molecule has 2 aromatic heterocycles. The van der Waals surface area contributed by atoms with E-state index >= 15 is 0 Å². The molecule has 3 heteroatoms. The van der Waals surface area contributed by atoms with E-state index in [0.29, 0.717) is 0 Å². The monoisotopic (exact) mass is 822 g/mol. The maximum absolute atomic E-state index is 2.42. The summed E-state index contributed by atoms with van der Waals surface area (Å²) in [6.45, 7) is 0. The fraction of sp³-hybridized carbons (Fsp3) is 0.0333. The van der Waals surface area contributed by atoms with Crippen molar-refractivity contribution in [2.24, 2.45) is 0 Å². The van der Waals surface area contributed by atoms with Gasteiger partial charge in [-0.3, -0.25) is 0 Å². The van der Waals surface area contributed by atoms with Gasteiger partial charge in [0.15, 0.2) is 0 Å². The number of fused-ring (bicyclic) bond motifs is 6. The van der Waals surface area contributed by atoms with Crippen molar-refractivity contribution in [3.63, 3.8) is 0 Å². The van der Waals surface area contributed by atoms with Gasteiger partial charge in [0.25, 0.3) is 0 Å². The smallest absolute Gasteiger partial charge is 0.0541 e. The van der Waals surface area contributed by atoms with E-state index in [1.54, 1.807) is 0 Å². The molecule has 2 nitrogen and oxygen atoms in total. The predicted molar refractivity (Wildman–Crippen MR) is 271 cm³/mol. The van der Waals surface area contributed by atoms with E-state index in [4.69, 9.17) is 0 Å². The Morgan fingerprint density at radius 3 is 1.71 bits per heavy atom. The van der Waals surface area contributed by atoms with Crippen LogP contribution in [-0.4, -0.2) is 4.57 Å². The van der Waals surface area contributed by atoms with Crippen molar-refractivity contribution in [3.05, 3.63) is 236 Å². The lowest BCUT2D eigenvalue weighted by Gasteiger charge is -2.27. The van der Waals surface area contributed by atoms with Gasteiger partial charge < -0.3 is 9.47 Å². The molecule has 0 atom stereocenters. The number of hydrogen-bond acceptors (Lipinski definition) is 2. The highest BCUT2D eigenvalue weighted by Gasteiger charge is 2.20. The topological polar surface area (TPSA) is 8.17 Å². The van der Waals surface area contributed by atoms with E-state index in [1.165, 1.54) is 92.2 Å². The molecule has 0 aliphatic heterocycles. The second-order valence-corrected chi connectivity index (χ2v) is 17.5. The molecule has 0 N–H and O–H groups in total. The molecule has 2 heterocycles. The van der Waals surface area contributed by atoms with Crippen LogP contribution < -0.4 is 4.90 Å². The van der Waals surface area contributed by atoms with E-state index in [2.05, 4.69) is 240 Å². The first kappa shape index (κ1) is 37.1. The largest absolute Gasteiger partial charge is 0.310 e. The van der Waals surface area contributed by atoms with Crippen LogP contribution in [0.15, 0.2) is 231 Å². The number of anilines is 3. The van der Waals surface area contributed by atoms with E-state index < -0.39 is 0 Å². The number of allylic oxidation sites excluding steroid dienone is 4. The number of benzene rings is 9. The van der Waals surface area contributed by atoms with Crippen LogP contribution in [-0.2, 0) is 0 Å². The molecule has 1 aliphatic carbocycles. The highest BCUT2D eigenvalue weighted by atomic mass is 32.1. The molecule has 0 spiro atoms. The number of thiophene rings is 1. The van der Waals surface area contributed by atoms with Crippen molar-refractivity contribution < 1.29 is 0 Å². The minimum Gasteiger partial charge on any atom is -0.310 e. The summed E-state index contributed by atoms with van der Waals surface area (Å²) in [5, 5.41) is 5.16. The molecule has 12 rings (SSSR count). The highest BCUT2D eigenvalue weighted by Crippen LogP contribution is 2.43. The average Bonchev–Trinajstić information content (AvgIpc) is 3.90. The van der Waals surface area contributed by atoms with Crippen molar-refractivity contribution in [2.75, 3.05) is 4.90 Å². The number of hydrogen-bond donors (Lipinski definition) is 0. The summed E-state index contributed by atoms with van der Waals surface area (Å²) in [6, 6.07) is 78.0. The normalized spacial score (nSPS) is 12.7. The van der Waals surface area contributed by atoms with Crippen LogP contribution in [0.4, 0.5) is 17.1 Å². The van der Waals surface area contributed by atoms with Gasteiger partial charge in [-0.15, -0.1) is 11.3 Å². The van der Waals surface area contributed by atoms with Crippen LogP contribution in [0.5, 0.6) is 0 Å². The van der Waals surface area contributed by atoms with Crippen LogP contribution in [0.1, 0.15) is 18.4 Å². The van der Waals surface area contributed by atoms with Crippen molar-refractivity contribution in [1.29, 1.82) is 0 Å². The summed E-state index contributed by atoms with van der Waals surface area (Å²) in [5.41, 5.74) is 16.8. The summed E-state index contributed by atoms with van der Waals surface area (Å²) in [6.07, 6.45) is 8.84. The SMILES string of the molecule is C1=CCCC(c2ccc(N(c3ccc(-c4ccc5sc6ccccc6c5c4)cc3)c3ccc(-c4ccccc4-n4c5ccccc5c5ccccc54)cc3)cc2-c2ccccc2)=C1. The molecule has 11 aromatic rings. The van der Waals surface area contributed by atoms with Gasteiger partial charge in [-0.2, -0.15) is 0 Å². The Morgan fingerprint density at radius 1 is 0.397 bits per heavy atom. The van der Waals surface area contributed by atoms with Gasteiger partial charge in [0, 0.05) is 53.6 Å². The summed E-state index contributed by atoms with van der Waals surface area (Å²) >= 11 is 1.86. The lowest BCUT2D eigenvalue weighted by Crippen LogP contribution is -2.10. The molecule has 63 heavy (non-hydrogen) atoms. The Labute approximate surface area is 371 Å². The third kappa shape index (κ3) is 6.57. The van der Waals surface area contributed by atoms with Gasteiger partial charge in [-0.1, -0.05) is 158 Å². The fourth-order valence-electron chi connectivity index (χ4n) is 9.68. The molecule has 0 amide bonds. The predicted octanol–water partition coefficient (Wildman–Crippen LogP) is 17.4. The van der Waals surface area contributed by atoms with E-state index in [1.807, 2.05) is 11.3 Å². The summed E-state index contributed by atoms with van der Waals surface area (Å²) < 4.78 is 5.07. The Bertz CT molecular complexity index is 3500. The third-order valence-electron chi connectivity index (χ3n) is 12.7. The Hall–Kier alpha value is -7.72. The maximum atomic E-state index is 2.42. The zero-order chi connectivity index (χ0) is 41.7. The lowest BCUT2D eigenvalue weighted by atomic mass is 9.89. The van der Waals surface area contributed by atoms with Crippen LogP contribution in [0, 0.1) is 0 Å². The van der Waals surface area contributed by atoms with Crippen molar-refractivity contribution >= 4 is 76.0 Å². The quantitative estimate of drug-likeness (QED) is 0.148. The first-order chi connectivity index (χ1) is 31.2. The molecule has 0 bridgehead atoms. The van der Waals surface area contributed by atoms with Crippen LogP contribution >= 0.6 is 11.3 Å². The van der Waals surface area contributed by atoms with E-state index in [0.717, 1.165) is 29.9 Å². The Morgan fingerprint density at radius 2 is 0.984 bits per heavy atom. The Balaban J connectivity index is 0.984. The second kappa shape index (κ2) is 15.6.